The van der Waals surface area contributed by atoms with E-state index in [0.717, 1.165) is 0 Å². The summed E-state index contributed by atoms with van der Waals surface area (Å²) in [5.41, 5.74) is 0. The molecular formula is C4H6INO. The number of nitrogens with one attached hydrogen (secondary N) is 1. The molecular weight excluding hydrogens is 205 g/mol. The Kier molecular flexibility index (Phi) is 1.84. The Morgan fingerprint density at radius 1 is 1.43 bits per heavy atom. The molecule has 0 aromatic rings. The second-order valence-electron chi connectivity index (χ2n) is 1.11. The van der Waals surface area contributed by atoms with Gasteiger partial charge in [0.15, 0.2) is 0 Å². The van der Waals surface area contributed by atoms with Crippen LogP contribution < -0.4 is 24.8 Å². The van der Waals surface area contributed by atoms with E-state index in [1.807, 2.05) is 16.2 Å². The van der Waals surface area contributed by atoms with Crippen LogP contribution in [0.1, 0.15) is 0 Å². The van der Waals surface area contributed by atoms with Crippen LogP contribution in [0.15, 0.2) is 22.4 Å². The Bertz CT molecular complexity index is 110. The number of hydrogen-bond acceptors (Lipinski definition) is 1. The van der Waals surface area contributed by atoms with Gasteiger partial charge in [0.1, 0.15) is 0 Å². The molecule has 3 heteroatoms. The molecule has 0 amide bonds. The Labute approximate surface area is 52.7 Å². The van der Waals surface area contributed by atoms with Crippen molar-refractivity contribution in [2.24, 2.45) is 0 Å². The number of hydrogen-bond donors (Lipinski definition) is 2. The maximum atomic E-state index is 8.74. The van der Waals surface area contributed by atoms with Gasteiger partial charge in [0, 0.05) is 0 Å². The molecule has 7 heavy (non-hydrogen) atoms. The molecule has 0 fully saturated rings. The first kappa shape index (κ1) is 5.27. The summed E-state index contributed by atoms with van der Waals surface area (Å²) < 4.78 is 2.58. The van der Waals surface area contributed by atoms with Gasteiger partial charge in [-0.2, -0.15) is 0 Å². The number of hydroxylamine groups is 1. The van der Waals surface area contributed by atoms with Crippen molar-refractivity contribution in [1.82, 2.24) is 0 Å². The first-order chi connectivity index (χ1) is 3.39. The number of rotatable bonds is 0. The standard InChI is InChI=1S/C4H6INO/c7-6-4-2-1-3-5-6/h1-4,6-7H. The SMILES string of the molecule is O[NH+]1C=CC=C[I-]1. The van der Waals surface area contributed by atoms with E-state index < -0.39 is 0 Å². The van der Waals surface area contributed by atoms with Crippen molar-refractivity contribution in [3.63, 3.8) is 0 Å². The van der Waals surface area contributed by atoms with Crippen LogP contribution in [-0.4, -0.2) is 5.21 Å². The van der Waals surface area contributed by atoms with Gasteiger partial charge in [0.25, 0.3) is 0 Å². The third kappa shape index (κ3) is 1.58. The summed E-state index contributed by atoms with van der Waals surface area (Å²) in [4.78, 5) is 0. The van der Waals surface area contributed by atoms with Crippen LogP contribution in [0.3, 0.4) is 0 Å². The van der Waals surface area contributed by atoms with Gasteiger partial charge in [-0.05, 0) is 0 Å². The fourth-order valence-electron chi connectivity index (χ4n) is 0.314. The Hall–Kier alpha value is 0.130. The topological polar surface area (TPSA) is 24.7 Å². The van der Waals surface area contributed by atoms with Crippen molar-refractivity contribution in [3.8, 4) is 0 Å². The normalized spacial score (nSPS) is 29.6. The minimum absolute atomic E-state index is 0.143. The van der Waals surface area contributed by atoms with E-state index in [4.69, 9.17) is 5.21 Å². The van der Waals surface area contributed by atoms with Crippen molar-refractivity contribution in [2.45, 2.75) is 0 Å². The predicted octanol–water partition coefficient (Wildman–Crippen LogP) is -3.69. The van der Waals surface area contributed by atoms with Crippen LogP contribution in [0.4, 0.5) is 0 Å². The molecule has 1 heterocycles. The van der Waals surface area contributed by atoms with Crippen molar-refractivity contribution < 1.29 is 30.0 Å². The summed E-state index contributed by atoms with van der Waals surface area (Å²) in [6.07, 6.45) is 5.55. The molecule has 0 spiro atoms. The number of allylic oxidation sites excluding steroid dienone is 2. The summed E-state index contributed by atoms with van der Waals surface area (Å²) >= 11 is -0.143. The van der Waals surface area contributed by atoms with Crippen molar-refractivity contribution in [3.05, 3.63) is 22.4 Å². The molecule has 1 atom stereocenters. The van der Waals surface area contributed by atoms with Gasteiger partial charge in [-0.3, -0.25) is 0 Å². The zero-order valence-electron chi connectivity index (χ0n) is 3.63. The summed E-state index contributed by atoms with van der Waals surface area (Å²) in [6.45, 7) is 0. The van der Waals surface area contributed by atoms with Crippen LogP contribution in [0, 0.1) is 0 Å². The molecule has 0 aromatic heterocycles. The fraction of sp³-hybridized carbons (Fsp3) is 0. The number of quaternary nitrogens is 1. The van der Waals surface area contributed by atoms with Crippen LogP contribution in [0.2, 0.25) is 0 Å². The van der Waals surface area contributed by atoms with Gasteiger partial charge in [0.2, 0.25) is 0 Å². The van der Waals surface area contributed by atoms with E-state index in [1.54, 1.807) is 6.20 Å². The van der Waals surface area contributed by atoms with E-state index in [1.165, 1.54) is 0 Å². The van der Waals surface area contributed by atoms with Gasteiger partial charge in [-0.25, -0.2) is 0 Å². The molecule has 0 aliphatic carbocycles. The van der Waals surface area contributed by atoms with Crippen LogP contribution >= 0.6 is 0 Å². The monoisotopic (exact) mass is 211 g/mol. The van der Waals surface area contributed by atoms with Crippen LogP contribution in [0.5, 0.6) is 0 Å². The molecule has 1 aliphatic rings. The summed E-state index contributed by atoms with van der Waals surface area (Å²) in [6, 6.07) is 0. The molecule has 0 saturated carbocycles. The first-order valence-corrected chi connectivity index (χ1v) is 4.24. The van der Waals surface area contributed by atoms with Gasteiger partial charge in [0.05, 0.1) is 0 Å². The number of halogens is 1. The average Bonchev–Trinajstić information content (AvgIpc) is 1.69. The molecule has 0 aromatic carbocycles. The molecule has 0 bridgehead atoms. The minimum atomic E-state index is -0.143. The average molecular weight is 211 g/mol. The third-order valence-corrected chi connectivity index (χ3v) is 2.36. The zero-order chi connectivity index (χ0) is 5.11. The van der Waals surface area contributed by atoms with Crippen LogP contribution in [-0.2, 0) is 0 Å². The molecule has 2 nitrogen and oxygen atoms in total. The van der Waals surface area contributed by atoms with Gasteiger partial charge in [-0.1, -0.05) is 0 Å². The summed E-state index contributed by atoms with van der Waals surface area (Å²) in [5.74, 6) is 0. The van der Waals surface area contributed by atoms with E-state index in [-0.39, 0.29) is 21.5 Å². The Morgan fingerprint density at radius 3 is 2.57 bits per heavy atom. The molecule has 40 valence electrons. The Morgan fingerprint density at radius 2 is 2.29 bits per heavy atom. The molecule has 1 rings (SSSR count). The summed E-state index contributed by atoms with van der Waals surface area (Å²) in [5, 5.41) is 8.74. The van der Waals surface area contributed by atoms with E-state index >= 15 is 0 Å². The first-order valence-electron chi connectivity index (χ1n) is 1.92. The third-order valence-electron chi connectivity index (χ3n) is 0.592. The van der Waals surface area contributed by atoms with E-state index in [2.05, 4.69) is 0 Å². The van der Waals surface area contributed by atoms with Crippen molar-refractivity contribution in [2.75, 3.05) is 0 Å². The maximum absolute atomic E-state index is 8.74. The second-order valence-corrected chi connectivity index (χ2v) is 3.56. The molecule has 1 aliphatic heterocycles. The molecule has 0 saturated heterocycles. The molecule has 2 N–H and O–H groups in total. The van der Waals surface area contributed by atoms with Crippen molar-refractivity contribution >= 4 is 0 Å². The van der Waals surface area contributed by atoms with E-state index in [9.17, 15) is 0 Å². The van der Waals surface area contributed by atoms with Crippen molar-refractivity contribution in [1.29, 1.82) is 0 Å². The summed E-state index contributed by atoms with van der Waals surface area (Å²) in [7, 11) is 0. The predicted molar refractivity (Wildman–Crippen MR) is 21.0 cm³/mol. The van der Waals surface area contributed by atoms with E-state index in [0.29, 0.717) is 3.28 Å². The fourth-order valence-corrected chi connectivity index (χ4v) is 1.55. The van der Waals surface area contributed by atoms with Gasteiger partial charge in [-0.15, -0.1) is 0 Å². The molecule has 0 radical (unpaired) electrons. The molecule has 1 unspecified atom stereocenters. The van der Waals surface area contributed by atoms with Gasteiger partial charge >= 0.3 is 52.4 Å². The zero-order valence-corrected chi connectivity index (χ0v) is 5.79. The van der Waals surface area contributed by atoms with Crippen LogP contribution in [0.25, 0.3) is 0 Å². The Balaban J connectivity index is 2.49. The quantitative estimate of drug-likeness (QED) is 0.313. The second kappa shape index (κ2) is 2.44. The van der Waals surface area contributed by atoms with Gasteiger partial charge < -0.3 is 0 Å².